The number of benzene rings is 1. The highest BCUT2D eigenvalue weighted by atomic mass is 16.5. The highest BCUT2D eigenvalue weighted by Gasteiger charge is 2.43. The Morgan fingerprint density at radius 1 is 1.46 bits per heavy atom. The molecule has 1 N–H and O–H groups in total. The van der Waals surface area contributed by atoms with Crippen LogP contribution >= 0.6 is 0 Å². The molecule has 0 spiro atoms. The summed E-state index contributed by atoms with van der Waals surface area (Å²) >= 11 is 0. The van der Waals surface area contributed by atoms with Crippen LogP contribution < -0.4 is 4.74 Å². The van der Waals surface area contributed by atoms with Gasteiger partial charge in [-0.3, -0.25) is 4.90 Å². The molecule has 0 amide bonds. The van der Waals surface area contributed by atoms with Crippen LogP contribution in [0.2, 0.25) is 0 Å². The smallest absolute Gasteiger partial charge is 0.137 e. The van der Waals surface area contributed by atoms with E-state index < -0.39 is 5.60 Å². The molecule has 2 aliphatic rings. The van der Waals surface area contributed by atoms with Gasteiger partial charge in [-0.15, -0.1) is 0 Å². The molecule has 5 nitrogen and oxygen atoms in total. The maximum absolute atomic E-state index is 10.7. The van der Waals surface area contributed by atoms with Crippen molar-refractivity contribution in [2.45, 2.75) is 37.8 Å². The van der Waals surface area contributed by atoms with Crippen molar-refractivity contribution in [2.24, 2.45) is 5.92 Å². The van der Waals surface area contributed by atoms with Crippen molar-refractivity contribution in [2.75, 3.05) is 32.9 Å². The Kier molecular flexibility index (Phi) is 5.40. The Morgan fingerprint density at radius 3 is 3.08 bits per heavy atom. The van der Waals surface area contributed by atoms with Crippen LogP contribution in [0.25, 0.3) is 0 Å². The quantitative estimate of drug-likeness (QED) is 0.896. The third kappa shape index (κ3) is 3.72. The molecule has 0 saturated carbocycles. The lowest BCUT2D eigenvalue weighted by atomic mass is 9.79. The lowest BCUT2D eigenvalue weighted by Gasteiger charge is -2.43. The number of rotatable bonds is 5. The molecule has 0 aromatic heterocycles. The SMILES string of the molecule is C[C@]1(O)CCOC[C@@H]1[C@@H]1CCCN1CCOc1ccccc1C#N. The van der Waals surface area contributed by atoms with E-state index in [9.17, 15) is 5.11 Å². The van der Waals surface area contributed by atoms with E-state index in [1.165, 1.54) is 0 Å². The fraction of sp³-hybridized carbons (Fsp3) is 0.632. The normalized spacial score (nSPS) is 30.9. The minimum absolute atomic E-state index is 0.153. The number of nitrogens with zero attached hydrogens (tertiary/aromatic N) is 2. The number of likely N-dealkylation sites (tertiary alicyclic amines) is 1. The standard InChI is InChI=1S/C19H26N2O3/c1-19(22)8-11-23-14-16(19)17-6-4-9-21(17)10-12-24-18-7-3-2-5-15(18)13-20/h2-3,5,7,16-17,22H,4,6,8-12,14H2,1H3/t16-,17+,19+/m1/s1. The Morgan fingerprint density at radius 2 is 2.29 bits per heavy atom. The van der Waals surface area contributed by atoms with E-state index >= 15 is 0 Å². The predicted octanol–water partition coefficient (Wildman–Crippen LogP) is 2.19. The van der Waals surface area contributed by atoms with Crippen molar-refractivity contribution in [3.8, 4) is 11.8 Å². The summed E-state index contributed by atoms with van der Waals surface area (Å²) in [5, 5.41) is 19.8. The van der Waals surface area contributed by atoms with Crippen LogP contribution in [-0.4, -0.2) is 54.6 Å². The number of hydrogen-bond donors (Lipinski definition) is 1. The van der Waals surface area contributed by atoms with Crippen molar-refractivity contribution >= 4 is 0 Å². The number of nitriles is 1. The summed E-state index contributed by atoms with van der Waals surface area (Å²) in [6, 6.07) is 9.82. The van der Waals surface area contributed by atoms with Gasteiger partial charge in [0, 0.05) is 25.1 Å². The van der Waals surface area contributed by atoms with Crippen molar-refractivity contribution in [1.82, 2.24) is 4.90 Å². The lowest BCUT2D eigenvalue weighted by molar-refractivity contribution is -0.123. The van der Waals surface area contributed by atoms with E-state index in [2.05, 4.69) is 11.0 Å². The second kappa shape index (κ2) is 7.52. The van der Waals surface area contributed by atoms with Gasteiger partial charge in [0.25, 0.3) is 0 Å². The third-order valence-corrected chi connectivity index (χ3v) is 5.37. The first kappa shape index (κ1) is 17.2. The van der Waals surface area contributed by atoms with Gasteiger partial charge in [0.15, 0.2) is 0 Å². The summed E-state index contributed by atoms with van der Waals surface area (Å²) in [4.78, 5) is 2.41. The summed E-state index contributed by atoms with van der Waals surface area (Å²) in [6.45, 7) is 5.59. The van der Waals surface area contributed by atoms with Gasteiger partial charge in [0.05, 0.1) is 17.8 Å². The van der Waals surface area contributed by atoms with E-state index in [1.54, 1.807) is 6.07 Å². The second-order valence-electron chi connectivity index (χ2n) is 6.99. The van der Waals surface area contributed by atoms with Crippen LogP contribution in [0.4, 0.5) is 0 Å². The molecule has 24 heavy (non-hydrogen) atoms. The van der Waals surface area contributed by atoms with Gasteiger partial charge in [-0.25, -0.2) is 0 Å². The topological polar surface area (TPSA) is 65.7 Å². The molecule has 1 aromatic carbocycles. The summed E-state index contributed by atoms with van der Waals surface area (Å²) in [6.07, 6.45) is 2.94. The molecule has 5 heteroatoms. The molecule has 2 saturated heterocycles. The fourth-order valence-corrected chi connectivity index (χ4v) is 3.92. The van der Waals surface area contributed by atoms with Gasteiger partial charge in [0.2, 0.25) is 0 Å². The van der Waals surface area contributed by atoms with E-state index in [4.69, 9.17) is 14.7 Å². The van der Waals surface area contributed by atoms with Crippen molar-refractivity contribution < 1.29 is 14.6 Å². The minimum Gasteiger partial charge on any atom is -0.491 e. The molecule has 3 rings (SSSR count). The van der Waals surface area contributed by atoms with Crippen LogP contribution in [0.3, 0.4) is 0 Å². The first-order valence-corrected chi connectivity index (χ1v) is 8.78. The maximum atomic E-state index is 10.7. The Labute approximate surface area is 143 Å². The van der Waals surface area contributed by atoms with E-state index in [0.29, 0.717) is 43.6 Å². The zero-order valence-corrected chi connectivity index (χ0v) is 14.3. The Balaban J connectivity index is 1.57. The molecule has 3 atom stereocenters. The first-order chi connectivity index (χ1) is 11.6. The molecule has 1 aromatic rings. The van der Waals surface area contributed by atoms with E-state index in [1.807, 2.05) is 25.1 Å². The predicted molar refractivity (Wildman–Crippen MR) is 90.8 cm³/mol. The molecule has 0 radical (unpaired) electrons. The maximum Gasteiger partial charge on any atom is 0.137 e. The molecule has 2 aliphatic heterocycles. The molecular weight excluding hydrogens is 304 g/mol. The molecule has 2 heterocycles. The zero-order valence-electron chi connectivity index (χ0n) is 14.3. The van der Waals surface area contributed by atoms with Crippen LogP contribution in [0, 0.1) is 17.2 Å². The molecule has 0 unspecified atom stereocenters. The largest absolute Gasteiger partial charge is 0.491 e. The lowest BCUT2D eigenvalue weighted by Crippen LogP contribution is -2.53. The van der Waals surface area contributed by atoms with Crippen molar-refractivity contribution in [1.29, 1.82) is 5.26 Å². The van der Waals surface area contributed by atoms with Crippen molar-refractivity contribution in [3.63, 3.8) is 0 Å². The number of ether oxygens (including phenoxy) is 2. The Hall–Kier alpha value is -1.61. The molecule has 130 valence electrons. The number of hydrogen-bond acceptors (Lipinski definition) is 5. The summed E-state index contributed by atoms with van der Waals surface area (Å²) < 4.78 is 11.4. The van der Waals surface area contributed by atoms with Crippen LogP contribution in [0.15, 0.2) is 24.3 Å². The highest BCUT2D eigenvalue weighted by Crippen LogP contribution is 2.35. The van der Waals surface area contributed by atoms with Gasteiger partial charge in [0.1, 0.15) is 18.4 Å². The van der Waals surface area contributed by atoms with Gasteiger partial charge >= 0.3 is 0 Å². The minimum atomic E-state index is -0.653. The van der Waals surface area contributed by atoms with Gasteiger partial charge in [-0.2, -0.15) is 5.26 Å². The third-order valence-electron chi connectivity index (χ3n) is 5.37. The van der Waals surface area contributed by atoms with Crippen LogP contribution in [-0.2, 0) is 4.74 Å². The molecule has 2 fully saturated rings. The number of para-hydroxylation sites is 1. The highest BCUT2D eigenvalue weighted by molar-refractivity contribution is 5.42. The summed E-state index contributed by atoms with van der Waals surface area (Å²) in [5.41, 5.74) is -0.0844. The summed E-state index contributed by atoms with van der Waals surface area (Å²) in [7, 11) is 0. The second-order valence-corrected chi connectivity index (χ2v) is 6.99. The van der Waals surface area contributed by atoms with E-state index in [0.717, 1.165) is 25.9 Å². The molecular formula is C19H26N2O3. The average Bonchev–Trinajstić information content (AvgIpc) is 3.03. The van der Waals surface area contributed by atoms with Crippen molar-refractivity contribution in [3.05, 3.63) is 29.8 Å². The number of aliphatic hydroxyl groups is 1. The average molecular weight is 330 g/mol. The first-order valence-electron chi connectivity index (χ1n) is 8.78. The summed E-state index contributed by atoms with van der Waals surface area (Å²) in [5.74, 6) is 0.795. The Bertz CT molecular complexity index is 597. The van der Waals surface area contributed by atoms with Gasteiger partial charge < -0.3 is 14.6 Å². The monoisotopic (exact) mass is 330 g/mol. The van der Waals surface area contributed by atoms with Gasteiger partial charge in [-0.05, 0) is 44.9 Å². The zero-order chi connectivity index (χ0) is 17.0. The fourth-order valence-electron chi connectivity index (χ4n) is 3.92. The van der Waals surface area contributed by atoms with Crippen LogP contribution in [0.1, 0.15) is 31.7 Å². The molecule has 0 aliphatic carbocycles. The van der Waals surface area contributed by atoms with E-state index in [-0.39, 0.29) is 5.92 Å². The van der Waals surface area contributed by atoms with Crippen LogP contribution in [0.5, 0.6) is 5.75 Å². The molecule has 0 bridgehead atoms. The van der Waals surface area contributed by atoms with Gasteiger partial charge in [-0.1, -0.05) is 12.1 Å².